The van der Waals surface area contributed by atoms with Gasteiger partial charge in [0, 0.05) is 5.75 Å². The Bertz CT molecular complexity index is 241. The summed E-state index contributed by atoms with van der Waals surface area (Å²) in [5, 5.41) is 8.84. The van der Waals surface area contributed by atoms with E-state index in [2.05, 4.69) is 6.07 Å². The maximum absolute atomic E-state index is 11.4. The highest BCUT2D eigenvalue weighted by Gasteiger charge is 2.20. The molecule has 16 heavy (non-hydrogen) atoms. The fourth-order valence-electron chi connectivity index (χ4n) is 1.14. The van der Waals surface area contributed by atoms with E-state index in [1.165, 1.54) is 0 Å². The van der Waals surface area contributed by atoms with Gasteiger partial charge >= 0.3 is 5.97 Å². The highest BCUT2D eigenvalue weighted by Crippen LogP contribution is 2.14. The molecule has 0 aliphatic heterocycles. The van der Waals surface area contributed by atoms with Gasteiger partial charge in [0.25, 0.3) is 0 Å². The average molecular weight is 261 g/mol. The average Bonchev–Trinajstić information content (AvgIpc) is 2.30. The Morgan fingerprint density at radius 1 is 1.38 bits per heavy atom. The third-order valence-corrected chi connectivity index (χ3v) is 3.42. The van der Waals surface area contributed by atoms with Crippen LogP contribution in [0.25, 0.3) is 0 Å². The van der Waals surface area contributed by atoms with Crippen LogP contribution in [0.1, 0.15) is 19.8 Å². The molecule has 0 saturated heterocycles. The van der Waals surface area contributed by atoms with Crippen LogP contribution in [0, 0.1) is 17.2 Å². The molecule has 0 radical (unpaired) electrons. The van der Waals surface area contributed by atoms with Crippen molar-refractivity contribution in [1.82, 2.24) is 0 Å². The Balaban J connectivity index is 4.09. The summed E-state index contributed by atoms with van der Waals surface area (Å²) < 4.78 is 5.32. The molecule has 0 aliphatic carbocycles. The van der Waals surface area contributed by atoms with Gasteiger partial charge in [-0.3, -0.25) is 4.79 Å². The number of rotatable bonds is 8. The molecule has 0 bridgehead atoms. The molecule has 2 atom stereocenters. The Morgan fingerprint density at radius 3 is 2.50 bits per heavy atom. The molecule has 2 unspecified atom stereocenters. The van der Waals surface area contributed by atoms with Crippen LogP contribution in [0.2, 0.25) is 0 Å². The molecule has 3 nitrogen and oxygen atoms in total. The second-order valence-corrected chi connectivity index (χ2v) is 5.44. The quantitative estimate of drug-likeness (QED) is 0.629. The molecule has 0 heterocycles. The topological polar surface area (TPSA) is 50.1 Å². The summed E-state index contributed by atoms with van der Waals surface area (Å²) >= 11 is 3.32. The molecular weight excluding hydrogens is 242 g/mol. The van der Waals surface area contributed by atoms with Crippen molar-refractivity contribution in [2.45, 2.75) is 25.9 Å². The number of nitrogens with zero attached hydrogens (tertiary/aromatic N) is 1. The molecule has 0 N–H and O–H groups in total. The maximum atomic E-state index is 11.4. The molecule has 0 aromatic rings. The van der Waals surface area contributed by atoms with E-state index in [1.54, 1.807) is 30.4 Å². The zero-order chi connectivity index (χ0) is 12.4. The van der Waals surface area contributed by atoms with E-state index in [0.717, 1.165) is 17.9 Å². The molecule has 0 aromatic carbocycles. The van der Waals surface area contributed by atoms with Crippen LogP contribution in [0.3, 0.4) is 0 Å². The largest absolute Gasteiger partial charge is 0.461 e. The van der Waals surface area contributed by atoms with Crippen molar-refractivity contribution in [1.29, 1.82) is 5.26 Å². The molecule has 0 fully saturated rings. The summed E-state index contributed by atoms with van der Waals surface area (Å²) in [4.78, 5) is 11.4. The molecule has 0 spiro atoms. The van der Waals surface area contributed by atoms with Crippen LogP contribution in [0.4, 0.5) is 0 Å². The minimum atomic E-state index is -0.258. The molecule has 0 saturated carbocycles. The van der Waals surface area contributed by atoms with Crippen LogP contribution < -0.4 is 0 Å². The standard InChI is InChI=1S/C11H19NO2S2/c1-9(8-12)10(4-6-15-2)14-11(13)5-7-16-3/h9-10H,4-7H2,1-3H3. The zero-order valence-corrected chi connectivity index (χ0v) is 11.7. The van der Waals surface area contributed by atoms with Gasteiger partial charge in [0.15, 0.2) is 0 Å². The van der Waals surface area contributed by atoms with Gasteiger partial charge in [-0.1, -0.05) is 0 Å². The minimum Gasteiger partial charge on any atom is -0.461 e. The minimum absolute atomic E-state index is 0.192. The maximum Gasteiger partial charge on any atom is 0.306 e. The number of hydrogen-bond acceptors (Lipinski definition) is 5. The van der Waals surface area contributed by atoms with Crippen LogP contribution in [0.15, 0.2) is 0 Å². The van der Waals surface area contributed by atoms with Gasteiger partial charge in [-0.2, -0.15) is 28.8 Å². The van der Waals surface area contributed by atoms with E-state index < -0.39 is 0 Å². The van der Waals surface area contributed by atoms with Gasteiger partial charge in [-0.05, 0) is 31.6 Å². The van der Waals surface area contributed by atoms with E-state index in [9.17, 15) is 4.79 Å². The molecular formula is C11H19NO2S2. The summed E-state index contributed by atoms with van der Waals surface area (Å²) in [7, 11) is 0. The van der Waals surface area contributed by atoms with Gasteiger partial charge in [0.05, 0.1) is 18.4 Å². The number of thioether (sulfide) groups is 2. The van der Waals surface area contributed by atoms with Crippen molar-refractivity contribution in [3.05, 3.63) is 0 Å². The third-order valence-electron chi connectivity index (χ3n) is 2.16. The summed E-state index contributed by atoms with van der Waals surface area (Å²) in [6.45, 7) is 1.80. The van der Waals surface area contributed by atoms with Gasteiger partial charge in [0.2, 0.25) is 0 Å². The number of hydrogen-bond donors (Lipinski definition) is 0. The van der Waals surface area contributed by atoms with E-state index in [0.29, 0.717) is 6.42 Å². The van der Waals surface area contributed by atoms with Crippen LogP contribution >= 0.6 is 23.5 Å². The Morgan fingerprint density at radius 2 is 2.00 bits per heavy atom. The first-order chi connectivity index (χ1) is 7.65. The summed E-state index contributed by atoms with van der Waals surface area (Å²) in [5.41, 5.74) is 0. The second kappa shape index (κ2) is 9.86. The Hall–Kier alpha value is -0.340. The lowest BCUT2D eigenvalue weighted by molar-refractivity contribution is -0.150. The Kier molecular flexibility index (Phi) is 9.65. The molecule has 0 aromatic heterocycles. The van der Waals surface area contributed by atoms with Crippen molar-refractivity contribution in [2.75, 3.05) is 24.0 Å². The van der Waals surface area contributed by atoms with Gasteiger partial charge in [-0.25, -0.2) is 0 Å². The van der Waals surface area contributed by atoms with Gasteiger partial charge in [-0.15, -0.1) is 0 Å². The number of esters is 1. The molecule has 0 rings (SSSR count). The predicted octanol–water partition coefficient (Wildman–Crippen LogP) is 2.56. The van der Waals surface area contributed by atoms with Gasteiger partial charge in [0.1, 0.15) is 6.10 Å². The number of ether oxygens (including phenoxy) is 1. The van der Waals surface area contributed by atoms with Crippen molar-refractivity contribution in [2.24, 2.45) is 5.92 Å². The van der Waals surface area contributed by atoms with E-state index in [1.807, 2.05) is 12.5 Å². The van der Waals surface area contributed by atoms with E-state index in [4.69, 9.17) is 10.00 Å². The third kappa shape index (κ3) is 7.02. The van der Waals surface area contributed by atoms with Crippen LogP contribution in [0.5, 0.6) is 0 Å². The van der Waals surface area contributed by atoms with Crippen molar-refractivity contribution in [3.8, 4) is 6.07 Å². The van der Waals surface area contributed by atoms with Crippen LogP contribution in [-0.2, 0) is 9.53 Å². The first kappa shape index (κ1) is 15.7. The predicted molar refractivity (Wildman–Crippen MR) is 70.7 cm³/mol. The van der Waals surface area contributed by atoms with Gasteiger partial charge < -0.3 is 4.74 Å². The lowest BCUT2D eigenvalue weighted by atomic mass is 10.0. The van der Waals surface area contributed by atoms with Crippen molar-refractivity contribution < 1.29 is 9.53 Å². The Labute approximate surface area is 106 Å². The van der Waals surface area contributed by atoms with E-state index in [-0.39, 0.29) is 18.0 Å². The summed E-state index contributed by atoms with van der Waals surface area (Å²) in [5.74, 6) is 1.26. The second-order valence-electron chi connectivity index (χ2n) is 3.47. The molecule has 92 valence electrons. The van der Waals surface area contributed by atoms with Crippen molar-refractivity contribution in [3.63, 3.8) is 0 Å². The lowest BCUT2D eigenvalue weighted by Crippen LogP contribution is -2.25. The zero-order valence-electron chi connectivity index (χ0n) is 10.1. The first-order valence-corrected chi connectivity index (χ1v) is 8.01. The molecule has 0 aliphatic rings. The number of carbonyl (C=O) groups is 1. The fraction of sp³-hybridized carbons (Fsp3) is 0.818. The number of nitriles is 1. The fourth-order valence-corrected chi connectivity index (χ4v) is 1.98. The summed E-state index contributed by atoms with van der Waals surface area (Å²) in [6, 6.07) is 2.14. The highest BCUT2D eigenvalue weighted by molar-refractivity contribution is 7.98. The van der Waals surface area contributed by atoms with E-state index >= 15 is 0 Å². The SMILES string of the molecule is CSCCC(=O)OC(CCSC)C(C)C#N. The van der Waals surface area contributed by atoms with Crippen molar-refractivity contribution >= 4 is 29.5 Å². The monoisotopic (exact) mass is 261 g/mol. The molecule has 0 amide bonds. The lowest BCUT2D eigenvalue weighted by Gasteiger charge is -2.19. The van der Waals surface area contributed by atoms with Crippen LogP contribution in [-0.4, -0.2) is 36.1 Å². The number of carbonyl (C=O) groups excluding carboxylic acids is 1. The molecule has 5 heteroatoms. The highest BCUT2D eigenvalue weighted by atomic mass is 32.2. The normalized spacial score (nSPS) is 13.9. The summed E-state index contributed by atoms with van der Waals surface area (Å²) in [6.07, 6.45) is 4.88. The first-order valence-electron chi connectivity index (χ1n) is 5.22. The smallest absolute Gasteiger partial charge is 0.306 e.